The number of benzene rings is 1. The molecule has 1 aliphatic rings. The summed E-state index contributed by atoms with van der Waals surface area (Å²) in [5, 5.41) is 0. The second-order valence-electron chi connectivity index (χ2n) is 4.24. The number of ketones is 1. The van der Waals surface area contributed by atoms with Crippen molar-refractivity contribution in [3.8, 4) is 0 Å². The van der Waals surface area contributed by atoms with Crippen LogP contribution in [0.1, 0.15) is 32.8 Å². The lowest BCUT2D eigenvalue weighted by Crippen LogP contribution is -2.02. The van der Waals surface area contributed by atoms with Crippen molar-refractivity contribution in [2.75, 3.05) is 0 Å². The van der Waals surface area contributed by atoms with E-state index >= 15 is 0 Å². The number of carbonyl (C=O) groups excluding carboxylic acids is 1. The molecule has 3 rings (SSSR count). The number of furan rings is 1. The van der Waals surface area contributed by atoms with Gasteiger partial charge in [0.05, 0.1) is 19.5 Å². The van der Waals surface area contributed by atoms with E-state index in [0.29, 0.717) is 24.5 Å². The van der Waals surface area contributed by atoms with Gasteiger partial charge in [-0.3, -0.25) is 4.79 Å². The zero-order valence-electron chi connectivity index (χ0n) is 9.53. The van der Waals surface area contributed by atoms with Crippen molar-refractivity contribution >= 4 is 5.78 Å². The van der Waals surface area contributed by atoms with Gasteiger partial charge in [-0.05, 0) is 35.7 Å². The lowest BCUT2D eigenvalue weighted by molar-refractivity contribution is 0.101. The van der Waals surface area contributed by atoms with Crippen LogP contribution in [0.15, 0.2) is 34.9 Å². The standard InChI is InChI=1S/C14H12O3/c1-9-4-5-17-14(9)13(15)10-2-3-11-7-16-8-12(11)6-10/h2-6H,7-8H2,1H3. The molecule has 0 amide bonds. The van der Waals surface area contributed by atoms with Gasteiger partial charge in [0.15, 0.2) is 5.76 Å². The summed E-state index contributed by atoms with van der Waals surface area (Å²) in [6, 6.07) is 7.47. The lowest BCUT2D eigenvalue weighted by Gasteiger charge is -2.02. The summed E-state index contributed by atoms with van der Waals surface area (Å²) in [5.74, 6) is 0.353. The molecule has 3 heteroatoms. The summed E-state index contributed by atoms with van der Waals surface area (Å²) in [4.78, 5) is 12.2. The molecule has 86 valence electrons. The predicted octanol–water partition coefficient (Wildman–Crippen LogP) is 2.85. The van der Waals surface area contributed by atoms with Crippen LogP contribution in [-0.4, -0.2) is 5.78 Å². The average Bonchev–Trinajstić information content (AvgIpc) is 2.95. The van der Waals surface area contributed by atoms with E-state index in [9.17, 15) is 4.79 Å². The molecule has 1 aliphatic heterocycles. The molecule has 1 aromatic heterocycles. The van der Waals surface area contributed by atoms with Gasteiger partial charge in [-0.15, -0.1) is 0 Å². The summed E-state index contributed by atoms with van der Waals surface area (Å²) in [6.45, 7) is 3.10. The summed E-state index contributed by atoms with van der Waals surface area (Å²) in [6.07, 6.45) is 1.54. The maximum absolute atomic E-state index is 12.2. The van der Waals surface area contributed by atoms with Crippen molar-refractivity contribution < 1.29 is 13.9 Å². The molecule has 3 nitrogen and oxygen atoms in total. The third-order valence-corrected chi connectivity index (χ3v) is 3.05. The van der Waals surface area contributed by atoms with Crippen LogP contribution in [0.25, 0.3) is 0 Å². The monoisotopic (exact) mass is 228 g/mol. The molecule has 0 aliphatic carbocycles. The van der Waals surface area contributed by atoms with Crippen LogP contribution in [0, 0.1) is 6.92 Å². The molecule has 0 unspecified atom stereocenters. The topological polar surface area (TPSA) is 39.4 Å². The summed E-state index contributed by atoms with van der Waals surface area (Å²) in [5.41, 5.74) is 3.79. The first-order valence-corrected chi connectivity index (χ1v) is 5.54. The van der Waals surface area contributed by atoms with Crippen molar-refractivity contribution in [2.45, 2.75) is 20.1 Å². The van der Waals surface area contributed by atoms with Crippen LogP contribution in [0.4, 0.5) is 0 Å². The van der Waals surface area contributed by atoms with E-state index in [2.05, 4.69) is 0 Å². The molecule has 0 bridgehead atoms. The van der Waals surface area contributed by atoms with E-state index in [1.54, 1.807) is 12.3 Å². The SMILES string of the molecule is Cc1ccoc1C(=O)c1ccc2c(c1)COC2. The third-order valence-electron chi connectivity index (χ3n) is 3.05. The van der Waals surface area contributed by atoms with Crippen LogP contribution >= 0.6 is 0 Å². The number of aryl methyl sites for hydroxylation is 1. The highest BCUT2D eigenvalue weighted by Gasteiger charge is 2.18. The fourth-order valence-electron chi connectivity index (χ4n) is 2.05. The first-order valence-electron chi connectivity index (χ1n) is 5.54. The number of fused-ring (bicyclic) bond motifs is 1. The highest BCUT2D eigenvalue weighted by atomic mass is 16.5. The van der Waals surface area contributed by atoms with E-state index in [4.69, 9.17) is 9.15 Å². The van der Waals surface area contributed by atoms with E-state index in [0.717, 1.165) is 16.7 Å². The zero-order valence-corrected chi connectivity index (χ0v) is 9.53. The van der Waals surface area contributed by atoms with Gasteiger partial charge >= 0.3 is 0 Å². The lowest BCUT2D eigenvalue weighted by atomic mass is 10.0. The second kappa shape index (κ2) is 3.86. The van der Waals surface area contributed by atoms with Gasteiger partial charge in [-0.1, -0.05) is 12.1 Å². The Bertz CT molecular complexity index is 581. The highest BCUT2D eigenvalue weighted by molar-refractivity contribution is 6.08. The summed E-state index contributed by atoms with van der Waals surface area (Å²) < 4.78 is 10.5. The van der Waals surface area contributed by atoms with Crippen molar-refractivity contribution in [1.82, 2.24) is 0 Å². The molecule has 17 heavy (non-hydrogen) atoms. The Balaban J connectivity index is 2.00. The van der Waals surface area contributed by atoms with Gasteiger partial charge < -0.3 is 9.15 Å². The Kier molecular flexibility index (Phi) is 2.34. The zero-order chi connectivity index (χ0) is 11.8. The molecule has 1 aromatic carbocycles. The molecule has 2 heterocycles. The Morgan fingerprint density at radius 3 is 2.76 bits per heavy atom. The highest BCUT2D eigenvalue weighted by Crippen LogP contribution is 2.23. The molecule has 2 aromatic rings. The van der Waals surface area contributed by atoms with Gasteiger partial charge in [0, 0.05) is 5.56 Å². The smallest absolute Gasteiger partial charge is 0.228 e. The maximum atomic E-state index is 12.2. The Morgan fingerprint density at radius 1 is 1.18 bits per heavy atom. The summed E-state index contributed by atoms with van der Waals surface area (Å²) in [7, 11) is 0. The van der Waals surface area contributed by atoms with Crippen molar-refractivity contribution in [3.63, 3.8) is 0 Å². The van der Waals surface area contributed by atoms with E-state index in [1.165, 1.54) is 0 Å². The third kappa shape index (κ3) is 1.68. The molecule has 0 radical (unpaired) electrons. The molecule has 0 spiro atoms. The summed E-state index contributed by atoms with van der Waals surface area (Å²) >= 11 is 0. The van der Waals surface area contributed by atoms with Gasteiger partial charge in [0.2, 0.25) is 5.78 Å². The number of carbonyl (C=O) groups is 1. The minimum atomic E-state index is -0.0674. The van der Waals surface area contributed by atoms with Gasteiger partial charge in [-0.2, -0.15) is 0 Å². The number of hydrogen-bond donors (Lipinski definition) is 0. The average molecular weight is 228 g/mol. The Hall–Kier alpha value is -1.87. The quantitative estimate of drug-likeness (QED) is 0.742. The van der Waals surface area contributed by atoms with Crippen molar-refractivity contribution in [2.24, 2.45) is 0 Å². The van der Waals surface area contributed by atoms with Gasteiger partial charge in [-0.25, -0.2) is 0 Å². The molecule has 0 saturated heterocycles. The van der Waals surface area contributed by atoms with E-state index < -0.39 is 0 Å². The number of rotatable bonds is 2. The predicted molar refractivity (Wildman–Crippen MR) is 61.8 cm³/mol. The van der Waals surface area contributed by atoms with Crippen LogP contribution < -0.4 is 0 Å². The molecule has 0 atom stereocenters. The maximum Gasteiger partial charge on any atom is 0.228 e. The fourth-order valence-corrected chi connectivity index (χ4v) is 2.05. The van der Waals surface area contributed by atoms with Gasteiger partial charge in [0.25, 0.3) is 0 Å². The first kappa shape index (κ1) is 10.3. The minimum Gasteiger partial charge on any atom is -0.461 e. The molecule has 0 N–H and O–H groups in total. The number of ether oxygens (including phenoxy) is 1. The van der Waals surface area contributed by atoms with Gasteiger partial charge in [0.1, 0.15) is 0 Å². The number of hydrogen-bond acceptors (Lipinski definition) is 3. The van der Waals surface area contributed by atoms with E-state index in [-0.39, 0.29) is 5.78 Å². The second-order valence-corrected chi connectivity index (χ2v) is 4.24. The molecule has 0 fully saturated rings. The van der Waals surface area contributed by atoms with E-state index in [1.807, 2.05) is 25.1 Å². The fraction of sp³-hybridized carbons (Fsp3) is 0.214. The molecular weight excluding hydrogens is 216 g/mol. The Labute approximate surface area is 99.0 Å². The molecule has 0 saturated carbocycles. The minimum absolute atomic E-state index is 0.0674. The van der Waals surface area contributed by atoms with Crippen molar-refractivity contribution in [3.05, 3.63) is 58.5 Å². The first-order chi connectivity index (χ1) is 8.25. The van der Waals surface area contributed by atoms with Crippen LogP contribution in [0.5, 0.6) is 0 Å². The Morgan fingerprint density at radius 2 is 2.00 bits per heavy atom. The van der Waals surface area contributed by atoms with Crippen LogP contribution in [-0.2, 0) is 18.0 Å². The largest absolute Gasteiger partial charge is 0.461 e. The van der Waals surface area contributed by atoms with Crippen LogP contribution in [0.3, 0.4) is 0 Å². The molecular formula is C14H12O3. The van der Waals surface area contributed by atoms with Crippen LogP contribution in [0.2, 0.25) is 0 Å². The normalized spacial score (nSPS) is 13.7. The van der Waals surface area contributed by atoms with Crippen molar-refractivity contribution in [1.29, 1.82) is 0 Å².